The first kappa shape index (κ1) is 11.3. The van der Waals surface area contributed by atoms with Crippen molar-refractivity contribution in [2.75, 3.05) is 0 Å². The molecule has 3 rings (SSSR count). The normalized spacial score (nSPS) is 10.7. The van der Waals surface area contributed by atoms with Gasteiger partial charge in [0, 0.05) is 5.38 Å². The molecule has 3 nitrogen and oxygen atoms in total. The van der Waals surface area contributed by atoms with Gasteiger partial charge in [0.05, 0.1) is 22.6 Å². The first-order chi connectivity index (χ1) is 8.85. The van der Waals surface area contributed by atoms with E-state index in [4.69, 9.17) is 16.9 Å². The topological polar surface area (TPSA) is 41.6 Å². The number of nitriles is 1. The van der Waals surface area contributed by atoms with Gasteiger partial charge in [0.15, 0.2) is 0 Å². The van der Waals surface area contributed by atoms with Crippen molar-refractivity contribution >= 4 is 34.0 Å². The average molecular weight is 274 g/mol. The fraction of sp³-hybridized carbons (Fsp3) is 0.0769. The summed E-state index contributed by atoms with van der Waals surface area (Å²) in [5.41, 5.74) is 3.24. The van der Waals surface area contributed by atoms with E-state index < -0.39 is 0 Å². The predicted octanol–water partition coefficient (Wildman–Crippen LogP) is 3.70. The highest BCUT2D eigenvalue weighted by atomic mass is 35.5. The van der Waals surface area contributed by atoms with Crippen LogP contribution in [0.15, 0.2) is 35.0 Å². The summed E-state index contributed by atoms with van der Waals surface area (Å²) in [7, 11) is 0. The Morgan fingerprint density at radius 1 is 1.39 bits per heavy atom. The van der Waals surface area contributed by atoms with Crippen LogP contribution in [0, 0.1) is 11.3 Å². The monoisotopic (exact) mass is 273 g/mol. The molecule has 0 aliphatic heterocycles. The van der Waals surface area contributed by atoms with Crippen molar-refractivity contribution in [2.24, 2.45) is 0 Å². The van der Waals surface area contributed by atoms with Crippen LogP contribution in [-0.4, -0.2) is 9.55 Å². The molecule has 0 saturated heterocycles. The standard InChI is InChI=1S/C13H8ClN3S/c14-6-12-16-13-9(7-15)2-1-3-11(13)17(12)10-4-5-18-8-10/h1-5,8H,6H2. The molecule has 0 saturated carbocycles. The molecule has 0 fully saturated rings. The number of halogens is 1. The largest absolute Gasteiger partial charge is 0.294 e. The smallest absolute Gasteiger partial charge is 0.129 e. The summed E-state index contributed by atoms with van der Waals surface area (Å²) in [4.78, 5) is 4.47. The molecule has 0 bridgehead atoms. The number of hydrogen-bond donors (Lipinski definition) is 0. The van der Waals surface area contributed by atoms with Crippen LogP contribution in [-0.2, 0) is 5.88 Å². The van der Waals surface area contributed by atoms with Gasteiger partial charge in [0.2, 0.25) is 0 Å². The van der Waals surface area contributed by atoms with Crippen molar-refractivity contribution in [2.45, 2.75) is 5.88 Å². The number of nitrogens with zero attached hydrogens (tertiary/aromatic N) is 3. The molecular weight excluding hydrogens is 266 g/mol. The van der Waals surface area contributed by atoms with E-state index in [0.29, 0.717) is 17.0 Å². The van der Waals surface area contributed by atoms with E-state index in [-0.39, 0.29) is 0 Å². The van der Waals surface area contributed by atoms with Gasteiger partial charge in [0.25, 0.3) is 0 Å². The SMILES string of the molecule is N#Cc1cccc2c1nc(CCl)n2-c1ccsc1. The van der Waals surface area contributed by atoms with Gasteiger partial charge in [-0.15, -0.1) is 11.6 Å². The number of rotatable bonds is 2. The van der Waals surface area contributed by atoms with Gasteiger partial charge >= 0.3 is 0 Å². The second-order valence-corrected chi connectivity index (χ2v) is 4.81. The van der Waals surface area contributed by atoms with Crippen LogP contribution < -0.4 is 0 Å². The summed E-state index contributed by atoms with van der Waals surface area (Å²) in [5.74, 6) is 1.07. The number of imidazole rings is 1. The second kappa shape index (κ2) is 4.45. The number of hydrogen-bond acceptors (Lipinski definition) is 3. The van der Waals surface area contributed by atoms with Gasteiger partial charge in [-0.05, 0) is 23.6 Å². The van der Waals surface area contributed by atoms with E-state index >= 15 is 0 Å². The van der Waals surface area contributed by atoms with Gasteiger partial charge in [-0.1, -0.05) is 6.07 Å². The number of aromatic nitrogens is 2. The number of fused-ring (bicyclic) bond motifs is 1. The summed E-state index contributed by atoms with van der Waals surface area (Å²) >= 11 is 7.57. The minimum absolute atomic E-state index is 0.315. The van der Waals surface area contributed by atoms with Crippen LogP contribution in [0.25, 0.3) is 16.7 Å². The third-order valence-corrected chi connectivity index (χ3v) is 3.67. The molecule has 1 aromatic carbocycles. The highest BCUT2D eigenvalue weighted by Crippen LogP contribution is 2.25. The van der Waals surface area contributed by atoms with E-state index in [1.54, 1.807) is 17.4 Å². The lowest BCUT2D eigenvalue weighted by Gasteiger charge is -2.04. The van der Waals surface area contributed by atoms with E-state index in [1.807, 2.05) is 33.5 Å². The third kappa shape index (κ3) is 1.60. The van der Waals surface area contributed by atoms with Crippen LogP contribution >= 0.6 is 22.9 Å². The molecule has 3 aromatic rings. The van der Waals surface area contributed by atoms with Crippen molar-refractivity contribution in [3.8, 4) is 11.8 Å². The molecule has 2 aromatic heterocycles. The second-order valence-electron chi connectivity index (χ2n) is 3.76. The van der Waals surface area contributed by atoms with Crippen LogP contribution in [0.3, 0.4) is 0 Å². The van der Waals surface area contributed by atoms with Crippen LogP contribution in [0.1, 0.15) is 11.4 Å². The minimum atomic E-state index is 0.315. The van der Waals surface area contributed by atoms with Crippen molar-refractivity contribution < 1.29 is 0 Å². The van der Waals surface area contributed by atoms with E-state index in [9.17, 15) is 0 Å². The minimum Gasteiger partial charge on any atom is -0.294 e. The number of alkyl halides is 1. The molecule has 0 aliphatic rings. The van der Waals surface area contributed by atoms with Crippen LogP contribution in [0.4, 0.5) is 0 Å². The first-order valence-electron chi connectivity index (χ1n) is 5.34. The lowest BCUT2D eigenvalue weighted by atomic mass is 10.2. The van der Waals surface area contributed by atoms with Crippen molar-refractivity contribution in [3.63, 3.8) is 0 Å². The number of benzene rings is 1. The zero-order valence-corrected chi connectivity index (χ0v) is 10.9. The molecule has 0 atom stereocenters. The molecule has 5 heteroatoms. The Kier molecular flexibility index (Phi) is 2.78. The van der Waals surface area contributed by atoms with Gasteiger partial charge in [-0.25, -0.2) is 4.98 Å². The van der Waals surface area contributed by atoms with E-state index in [0.717, 1.165) is 17.0 Å². The van der Waals surface area contributed by atoms with Crippen LogP contribution in [0.2, 0.25) is 0 Å². The maximum atomic E-state index is 9.11. The summed E-state index contributed by atoms with van der Waals surface area (Å²) in [5, 5.41) is 13.2. The van der Waals surface area contributed by atoms with Gasteiger partial charge in [-0.3, -0.25) is 4.57 Å². The Morgan fingerprint density at radius 3 is 2.94 bits per heavy atom. The van der Waals surface area contributed by atoms with Crippen LogP contribution in [0.5, 0.6) is 0 Å². The Hall–Kier alpha value is -1.83. The first-order valence-corrected chi connectivity index (χ1v) is 6.82. The molecule has 0 unspecified atom stereocenters. The lowest BCUT2D eigenvalue weighted by Crippen LogP contribution is -1.97. The highest BCUT2D eigenvalue weighted by Gasteiger charge is 2.14. The summed E-state index contributed by atoms with van der Waals surface area (Å²) < 4.78 is 2.00. The summed E-state index contributed by atoms with van der Waals surface area (Å²) in [6, 6.07) is 9.77. The van der Waals surface area contributed by atoms with E-state index in [2.05, 4.69) is 11.1 Å². The maximum absolute atomic E-state index is 9.11. The number of thiophene rings is 1. The fourth-order valence-corrected chi connectivity index (χ4v) is 2.80. The van der Waals surface area contributed by atoms with Crippen molar-refractivity contribution in [1.29, 1.82) is 5.26 Å². The summed E-state index contributed by atoms with van der Waals surface area (Å²) in [6.45, 7) is 0. The predicted molar refractivity (Wildman–Crippen MR) is 73.2 cm³/mol. The molecule has 2 heterocycles. The molecule has 18 heavy (non-hydrogen) atoms. The Labute approximate surface area is 113 Å². The van der Waals surface area contributed by atoms with E-state index in [1.165, 1.54) is 0 Å². The molecule has 0 spiro atoms. The quantitative estimate of drug-likeness (QED) is 0.668. The number of para-hydroxylation sites is 1. The van der Waals surface area contributed by atoms with Crippen molar-refractivity contribution in [1.82, 2.24) is 9.55 Å². The zero-order chi connectivity index (χ0) is 12.5. The van der Waals surface area contributed by atoms with Gasteiger partial charge in [-0.2, -0.15) is 16.6 Å². The molecule has 88 valence electrons. The highest BCUT2D eigenvalue weighted by molar-refractivity contribution is 7.08. The Balaban J connectivity index is 2.40. The maximum Gasteiger partial charge on any atom is 0.129 e. The molecule has 0 N–H and O–H groups in total. The molecule has 0 radical (unpaired) electrons. The van der Waals surface area contributed by atoms with Crippen molar-refractivity contribution in [3.05, 3.63) is 46.4 Å². The lowest BCUT2D eigenvalue weighted by molar-refractivity contribution is 0.987. The molecular formula is C13H8ClN3S. The Morgan fingerprint density at radius 2 is 2.28 bits per heavy atom. The Bertz CT molecular complexity index is 738. The molecule has 0 amide bonds. The molecule has 0 aliphatic carbocycles. The third-order valence-electron chi connectivity index (χ3n) is 2.76. The average Bonchev–Trinajstić information content (AvgIpc) is 3.03. The fourth-order valence-electron chi connectivity index (χ4n) is 2.00. The van der Waals surface area contributed by atoms with Gasteiger partial charge < -0.3 is 0 Å². The van der Waals surface area contributed by atoms with Gasteiger partial charge in [0.1, 0.15) is 17.4 Å². The summed E-state index contributed by atoms with van der Waals surface area (Å²) in [6.07, 6.45) is 0. The zero-order valence-electron chi connectivity index (χ0n) is 9.30.